The highest BCUT2D eigenvalue weighted by Gasteiger charge is 2.16. The number of halogens is 1. The zero-order chi connectivity index (χ0) is 25.4. The topological polar surface area (TPSA) is 106 Å². The normalized spacial score (nSPS) is 11.0. The SMILES string of the molecule is CCOc1cc(C=C(C#N)C(=O)Nc2nnc(C)s2)cc(Cl)c1OCCOc1c(C)cccc1C. The molecule has 0 bridgehead atoms. The zero-order valence-electron chi connectivity index (χ0n) is 19.8. The van der Waals surface area contributed by atoms with Crippen LogP contribution in [0.5, 0.6) is 17.2 Å². The van der Waals surface area contributed by atoms with Crippen molar-refractivity contribution in [3.8, 4) is 23.3 Å². The Balaban J connectivity index is 1.73. The van der Waals surface area contributed by atoms with Gasteiger partial charge in [0.1, 0.15) is 35.6 Å². The molecule has 0 saturated heterocycles. The Kier molecular flexibility index (Phi) is 9.06. The summed E-state index contributed by atoms with van der Waals surface area (Å²) >= 11 is 7.69. The molecule has 10 heteroatoms. The molecule has 0 fully saturated rings. The average molecular weight is 513 g/mol. The quantitative estimate of drug-likeness (QED) is 0.216. The molecule has 3 rings (SSSR count). The summed E-state index contributed by atoms with van der Waals surface area (Å²) in [5.74, 6) is 0.999. The van der Waals surface area contributed by atoms with Gasteiger partial charge in [-0.1, -0.05) is 41.1 Å². The van der Waals surface area contributed by atoms with Gasteiger partial charge in [-0.05, 0) is 62.6 Å². The number of hydrogen-bond acceptors (Lipinski definition) is 8. The van der Waals surface area contributed by atoms with Crippen molar-refractivity contribution in [1.82, 2.24) is 10.2 Å². The number of rotatable bonds is 10. The average Bonchev–Trinajstić information content (AvgIpc) is 3.22. The first-order chi connectivity index (χ1) is 16.8. The molecule has 0 saturated carbocycles. The molecule has 3 aromatic rings. The first-order valence-corrected chi connectivity index (χ1v) is 12.0. The van der Waals surface area contributed by atoms with Crippen molar-refractivity contribution in [1.29, 1.82) is 5.26 Å². The maximum atomic E-state index is 12.5. The van der Waals surface area contributed by atoms with E-state index >= 15 is 0 Å². The van der Waals surface area contributed by atoms with Gasteiger partial charge >= 0.3 is 0 Å². The number of ether oxygens (including phenoxy) is 3. The molecule has 0 unspecified atom stereocenters. The maximum Gasteiger partial charge on any atom is 0.268 e. The summed E-state index contributed by atoms with van der Waals surface area (Å²) in [6, 6.07) is 11.1. The second-order valence-electron chi connectivity index (χ2n) is 7.43. The smallest absolute Gasteiger partial charge is 0.268 e. The minimum atomic E-state index is -0.596. The lowest BCUT2D eigenvalue weighted by molar-refractivity contribution is -0.112. The van der Waals surface area contributed by atoms with Crippen LogP contribution in [0, 0.1) is 32.1 Å². The zero-order valence-corrected chi connectivity index (χ0v) is 21.4. The molecular weight excluding hydrogens is 488 g/mol. The predicted molar refractivity (Wildman–Crippen MR) is 136 cm³/mol. The number of carbonyl (C=O) groups is 1. The van der Waals surface area contributed by atoms with Crippen LogP contribution in [0.15, 0.2) is 35.9 Å². The highest BCUT2D eigenvalue weighted by molar-refractivity contribution is 7.15. The molecule has 0 aliphatic carbocycles. The Bertz CT molecular complexity index is 1260. The molecule has 0 atom stereocenters. The number of aryl methyl sites for hydroxylation is 3. The summed E-state index contributed by atoms with van der Waals surface area (Å²) < 4.78 is 17.5. The molecule has 1 aromatic heterocycles. The van der Waals surface area contributed by atoms with Crippen molar-refractivity contribution < 1.29 is 19.0 Å². The molecule has 1 N–H and O–H groups in total. The van der Waals surface area contributed by atoms with Crippen molar-refractivity contribution in [2.45, 2.75) is 27.7 Å². The Morgan fingerprint density at radius 3 is 2.40 bits per heavy atom. The van der Waals surface area contributed by atoms with Crippen LogP contribution >= 0.6 is 22.9 Å². The summed E-state index contributed by atoms with van der Waals surface area (Å²) in [4.78, 5) is 12.5. The fraction of sp³-hybridized carbons (Fsp3) is 0.280. The van der Waals surface area contributed by atoms with Gasteiger partial charge in [0.15, 0.2) is 11.5 Å². The first-order valence-electron chi connectivity index (χ1n) is 10.8. The van der Waals surface area contributed by atoms with Crippen molar-refractivity contribution >= 4 is 40.1 Å². The van der Waals surface area contributed by atoms with Crippen LogP contribution in [0.3, 0.4) is 0 Å². The third-order valence-corrected chi connectivity index (χ3v) is 5.77. The Morgan fingerprint density at radius 2 is 1.80 bits per heavy atom. The number of nitrogens with one attached hydrogen (secondary N) is 1. The number of anilines is 1. The summed E-state index contributed by atoms with van der Waals surface area (Å²) in [6.45, 7) is 8.53. The molecule has 0 spiro atoms. The van der Waals surface area contributed by atoms with E-state index in [9.17, 15) is 10.1 Å². The van der Waals surface area contributed by atoms with Gasteiger partial charge in [0, 0.05) is 0 Å². The number of amides is 1. The molecule has 8 nitrogen and oxygen atoms in total. The fourth-order valence-electron chi connectivity index (χ4n) is 3.22. The van der Waals surface area contributed by atoms with Crippen LogP contribution in [0.4, 0.5) is 5.13 Å². The first kappa shape index (κ1) is 26.0. The van der Waals surface area contributed by atoms with E-state index in [0.29, 0.717) is 40.4 Å². The molecule has 1 heterocycles. The number of nitriles is 1. The molecule has 2 aromatic carbocycles. The van der Waals surface area contributed by atoms with Gasteiger partial charge in [-0.15, -0.1) is 10.2 Å². The molecule has 0 aliphatic heterocycles. The van der Waals surface area contributed by atoms with Gasteiger partial charge in [-0.3, -0.25) is 10.1 Å². The summed E-state index contributed by atoms with van der Waals surface area (Å²) in [7, 11) is 0. The van der Waals surface area contributed by atoms with E-state index in [1.54, 1.807) is 19.1 Å². The van der Waals surface area contributed by atoms with Gasteiger partial charge < -0.3 is 14.2 Å². The molecule has 182 valence electrons. The van der Waals surface area contributed by atoms with Crippen LogP contribution in [0.25, 0.3) is 6.08 Å². The van der Waals surface area contributed by atoms with Gasteiger partial charge in [0.25, 0.3) is 5.91 Å². The number of nitrogens with zero attached hydrogens (tertiary/aromatic N) is 3. The minimum Gasteiger partial charge on any atom is -0.490 e. The van der Waals surface area contributed by atoms with Gasteiger partial charge in [0.2, 0.25) is 5.13 Å². The third-order valence-electron chi connectivity index (χ3n) is 4.74. The number of hydrogen-bond donors (Lipinski definition) is 1. The molecule has 1 amide bonds. The molecule has 35 heavy (non-hydrogen) atoms. The highest BCUT2D eigenvalue weighted by Crippen LogP contribution is 2.37. The Labute approximate surface area is 213 Å². The van der Waals surface area contributed by atoms with Gasteiger partial charge in [-0.25, -0.2) is 0 Å². The lowest BCUT2D eigenvalue weighted by Gasteiger charge is -2.16. The van der Waals surface area contributed by atoms with Crippen molar-refractivity contribution in [2.24, 2.45) is 0 Å². The van der Waals surface area contributed by atoms with Crippen LogP contribution in [0.1, 0.15) is 28.6 Å². The summed E-state index contributed by atoms with van der Waals surface area (Å²) in [5, 5.41) is 21.0. The largest absolute Gasteiger partial charge is 0.490 e. The van der Waals surface area contributed by atoms with E-state index in [2.05, 4.69) is 15.5 Å². The summed E-state index contributed by atoms with van der Waals surface area (Å²) in [6.07, 6.45) is 1.42. The number of benzene rings is 2. The van der Waals surface area contributed by atoms with Crippen molar-refractivity contribution in [3.05, 3.63) is 62.6 Å². The predicted octanol–water partition coefficient (Wildman–Crippen LogP) is 5.52. The molecule has 0 aliphatic rings. The standard InChI is InChI=1S/C25H25ClN4O4S/c1-5-32-21-13-18(11-19(14-27)24(31)28-25-30-29-17(4)35-25)12-20(26)23(21)34-10-9-33-22-15(2)7-6-8-16(22)3/h6-8,11-13H,5,9-10H2,1-4H3,(H,28,30,31). The maximum absolute atomic E-state index is 12.5. The van der Waals surface area contributed by atoms with Crippen LogP contribution in [0.2, 0.25) is 5.02 Å². The monoisotopic (exact) mass is 512 g/mol. The third kappa shape index (κ3) is 6.94. The van der Waals surface area contributed by atoms with Crippen molar-refractivity contribution in [2.75, 3.05) is 25.1 Å². The number of aromatic nitrogens is 2. The van der Waals surface area contributed by atoms with Crippen molar-refractivity contribution in [3.63, 3.8) is 0 Å². The number of carbonyl (C=O) groups excluding carboxylic acids is 1. The van der Waals surface area contributed by atoms with E-state index in [1.807, 2.05) is 45.0 Å². The Hall–Kier alpha value is -3.61. The number of para-hydroxylation sites is 1. The van der Waals surface area contributed by atoms with Crippen LogP contribution in [-0.4, -0.2) is 35.9 Å². The molecular formula is C25H25ClN4O4S. The van der Waals surface area contributed by atoms with E-state index in [4.69, 9.17) is 25.8 Å². The highest BCUT2D eigenvalue weighted by atomic mass is 35.5. The van der Waals surface area contributed by atoms with Gasteiger partial charge in [-0.2, -0.15) is 5.26 Å². The van der Waals surface area contributed by atoms with Crippen LogP contribution < -0.4 is 19.5 Å². The lowest BCUT2D eigenvalue weighted by atomic mass is 10.1. The fourth-order valence-corrected chi connectivity index (χ4v) is 4.08. The lowest BCUT2D eigenvalue weighted by Crippen LogP contribution is -2.13. The molecule has 0 radical (unpaired) electrons. The minimum absolute atomic E-state index is 0.118. The van der Waals surface area contributed by atoms with E-state index < -0.39 is 5.91 Å². The Morgan fingerprint density at radius 1 is 1.11 bits per heavy atom. The van der Waals surface area contributed by atoms with E-state index in [1.165, 1.54) is 17.4 Å². The second-order valence-corrected chi connectivity index (χ2v) is 9.02. The second kappa shape index (κ2) is 12.2. The van der Waals surface area contributed by atoms with E-state index in [0.717, 1.165) is 16.9 Å². The summed E-state index contributed by atoms with van der Waals surface area (Å²) in [5.41, 5.74) is 2.49. The van der Waals surface area contributed by atoms with E-state index in [-0.39, 0.29) is 17.2 Å². The van der Waals surface area contributed by atoms with Crippen LogP contribution in [-0.2, 0) is 4.79 Å². The van der Waals surface area contributed by atoms with Gasteiger partial charge in [0.05, 0.1) is 11.6 Å².